The number of allylic oxidation sites excluding steroid dienone is 1. The van der Waals surface area contributed by atoms with Crippen LogP contribution in [0.25, 0.3) is 0 Å². The minimum atomic E-state index is -0.632. The fourth-order valence-corrected chi connectivity index (χ4v) is 3.16. The average molecular weight is 411 g/mol. The lowest BCUT2D eigenvalue weighted by Crippen LogP contribution is -2.46. The molecule has 1 aliphatic rings. The van der Waals surface area contributed by atoms with Gasteiger partial charge in [-0.2, -0.15) is 0 Å². The van der Waals surface area contributed by atoms with Gasteiger partial charge in [0.2, 0.25) is 0 Å². The fraction of sp³-hybridized carbons (Fsp3) is 0.444. The molecule has 7 heteroatoms. The lowest BCUT2D eigenvalue weighted by molar-refractivity contribution is -0.139. The number of rotatable bonds is 7. The zero-order valence-electron chi connectivity index (χ0n) is 14.6. The molecular formula is C18H23BrN2O4. The highest BCUT2D eigenvalue weighted by atomic mass is 79.9. The summed E-state index contributed by atoms with van der Waals surface area (Å²) in [5.41, 5.74) is 1.73. The van der Waals surface area contributed by atoms with E-state index in [4.69, 9.17) is 9.47 Å². The van der Waals surface area contributed by atoms with Crippen molar-refractivity contribution in [2.45, 2.75) is 39.2 Å². The lowest BCUT2D eigenvalue weighted by Gasteiger charge is -2.30. The second-order valence-electron chi connectivity index (χ2n) is 5.63. The minimum absolute atomic E-state index is 0.264. The van der Waals surface area contributed by atoms with Crippen LogP contribution in [-0.2, 0) is 9.53 Å². The van der Waals surface area contributed by atoms with E-state index >= 15 is 0 Å². The second-order valence-corrected chi connectivity index (χ2v) is 6.55. The van der Waals surface area contributed by atoms with Gasteiger partial charge in [0.1, 0.15) is 5.75 Å². The third-order valence-corrected chi connectivity index (χ3v) is 4.43. The first-order valence-electron chi connectivity index (χ1n) is 8.32. The summed E-state index contributed by atoms with van der Waals surface area (Å²) in [5.74, 6) is 0.153. The summed E-state index contributed by atoms with van der Waals surface area (Å²) in [6.07, 6.45) is 2.42. The Kier molecular flexibility index (Phi) is 6.87. The van der Waals surface area contributed by atoms with Crippen LogP contribution >= 0.6 is 15.9 Å². The molecule has 6 nitrogen and oxygen atoms in total. The van der Waals surface area contributed by atoms with E-state index in [0.29, 0.717) is 29.0 Å². The zero-order valence-corrected chi connectivity index (χ0v) is 16.2. The van der Waals surface area contributed by atoms with E-state index in [9.17, 15) is 9.59 Å². The van der Waals surface area contributed by atoms with Crippen LogP contribution in [0.15, 0.2) is 33.9 Å². The molecule has 0 aromatic heterocycles. The quantitative estimate of drug-likeness (QED) is 0.669. The van der Waals surface area contributed by atoms with Crippen molar-refractivity contribution >= 4 is 27.9 Å². The average Bonchev–Trinajstić information content (AvgIpc) is 2.59. The molecule has 0 aliphatic carbocycles. The monoisotopic (exact) mass is 410 g/mol. The Labute approximate surface area is 156 Å². The van der Waals surface area contributed by atoms with Gasteiger partial charge in [0, 0.05) is 15.7 Å². The summed E-state index contributed by atoms with van der Waals surface area (Å²) in [4.78, 5) is 24.8. The van der Waals surface area contributed by atoms with Crippen LogP contribution in [0.4, 0.5) is 4.79 Å². The molecule has 1 aliphatic heterocycles. The fourth-order valence-electron chi connectivity index (χ4n) is 2.78. The van der Waals surface area contributed by atoms with Crippen LogP contribution in [0.3, 0.4) is 0 Å². The van der Waals surface area contributed by atoms with E-state index in [1.54, 1.807) is 20.1 Å². The lowest BCUT2D eigenvalue weighted by atomic mass is 9.93. The van der Waals surface area contributed by atoms with Gasteiger partial charge in [-0.1, -0.05) is 29.3 Å². The van der Waals surface area contributed by atoms with E-state index in [1.807, 2.05) is 12.1 Å². The van der Waals surface area contributed by atoms with E-state index in [-0.39, 0.29) is 12.6 Å². The number of nitrogens with one attached hydrogen (secondary N) is 2. The molecule has 0 radical (unpaired) electrons. The molecule has 1 unspecified atom stereocenters. The number of halogens is 1. The van der Waals surface area contributed by atoms with Crippen LogP contribution in [0.5, 0.6) is 5.75 Å². The van der Waals surface area contributed by atoms with Crippen molar-refractivity contribution in [1.82, 2.24) is 10.6 Å². The van der Waals surface area contributed by atoms with Gasteiger partial charge in [-0.3, -0.25) is 0 Å². The molecular weight excluding hydrogens is 388 g/mol. The molecule has 136 valence electrons. The topological polar surface area (TPSA) is 76.7 Å². The maximum atomic E-state index is 12.6. The van der Waals surface area contributed by atoms with E-state index in [1.165, 1.54) is 0 Å². The third kappa shape index (κ3) is 4.54. The molecule has 1 heterocycles. The van der Waals surface area contributed by atoms with Crippen LogP contribution in [0.2, 0.25) is 0 Å². The Balaban J connectivity index is 2.57. The summed E-state index contributed by atoms with van der Waals surface area (Å²) < 4.78 is 11.5. The number of carbonyl (C=O) groups excluding carboxylic acids is 2. The molecule has 0 saturated carbocycles. The van der Waals surface area contributed by atoms with E-state index < -0.39 is 12.0 Å². The summed E-state index contributed by atoms with van der Waals surface area (Å²) >= 11 is 3.44. The second kappa shape index (κ2) is 8.89. The van der Waals surface area contributed by atoms with Gasteiger partial charge >= 0.3 is 12.0 Å². The van der Waals surface area contributed by atoms with Crippen molar-refractivity contribution < 1.29 is 19.1 Å². The minimum Gasteiger partial charge on any atom is -0.496 e. The van der Waals surface area contributed by atoms with Crippen LogP contribution in [-0.4, -0.2) is 25.7 Å². The van der Waals surface area contributed by atoms with Gasteiger partial charge in [0.25, 0.3) is 0 Å². The number of esters is 1. The van der Waals surface area contributed by atoms with Crippen molar-refractivity contribution in [2.24, 2.45) is 0 Å². The maximum Gasteiger partial charge on any atom is 0.338 e. The molecule has 2 N–H and O–H groups in total. The Morgan fingerprint density at radius 1 is 1.32 bits per heavy atom. The molecule has 2 amide bonds. The number of methoxy groups -OCH3 is 1. The number of urea groups is 1. The highest BCUT2D eigenvalue weighted by molar-refractivity contribution is 9.10. The van der Waals surface area contributed by atoms with Crippen LogP contribution in [0, 0.1) is 0 Å². The molecule has 1 aromatic carbocycles. The zero-order chi connectivity index (χ0) is 18.4. The largest absolute Gasteiger partial charge is 0.496 e. The highest BCUT2D eigenvalue weighted by Gasteiger charge is 2.35. The predicted molar refractivity (Wildman–Crippen MR) is 98.3 cm³/mol. The summed E-state index contributed by atoms with van der Waals surface area (Å²) in [6, 6.07) is 4.50. The number of ether oxygens (including phenoxy) is 2. The van der Waals surface area contributed by atoms with Gasteiger partial charge in [-0.15, -0.1) is 0 Å². The van der Waals surface area contributed by atoms with Gasteiger partial charge < -0.3 is 20.1 Å². The molecule has 25 heavy (non-hydrogen) atoms. The summed E-state index contributed by atoms with van der Waals surface area (Å²) in [5, 5.41) is 5.59. The summed E-state index contributed by atoms with van der Waals surface area (Å²) in [7, 11) is 1.56. The predicted octanol–water partition coefficient (Wildman–Crippen LogP) is 3.82. The van der Waals surface area contributed by atoms with Crippen molar-refractivity contribution in [2.75, 3.05) is 13.7 Å². The number of benzene rings is 1. The van der Waals surface area contributed by atoms with E-state index in [0.717, 1.165) is 17.3 Å². The van der Waals surface area contributed by atoms with Gasteiger partial charge in [0.15, 0.2) is 0 Å². The molecule has 0 fully saturated rings. The molecule has 1 aromatic rings. The Hall–Kier alpha value is -2.02. The number of hydrogen-bond acceptors (Lipinski definition) is 4. The van der Waals surface area contributed by atoms with Crippen molar-refractivity contribution in [3.05, 3.63) is 39.5 Å². The number of hydrogen-bond donors (Lipinski definition) is 2. The van der Waals surface area contributed by atoms with Crippen molar-refractivity contribution in [3.8, 4) is 5.75 Å². The number of carbonyl (C=O) groups is 2. The van der Waals surface area contributed by atoms with Crippen molar-refractivity contribution in [1.29, 1.82) is 0 Å². The Bertz CT molecular complexity index is 688. The van der Waals surface area contributed by atoms with Gasteiger partial charge in [-0.05, 0) is 38.0 Å². The molecule has 0 spiro atoms. The molecule has 0 saturated heterocycles. The Morgan fingerprint density at radius 3 is 2.72 bits per heavy atom. The SMILES string of the molecule is CCCCC1=C(C(=O)OCC)C(c2cc(Br)ccc2OC)NC(=O)N1. The summed E-state index contributed by atoms with van der Waals surface area (Å²) in [6.45, 7) is 4.08. The van der Waals surface area contributed by atoms with Crippen LogP contribution < -0.4 is 15.4 Å². The highest BCUT2D eigenvalue weighted by Crippen LogP contribution is 2.36. The van der Waals surface area contributed by atoms with Gasteiger partial charge in [0.05, 0.1) is 25.3 Å². The molecule has 2 rings (SSSR count). The molecule has 0 bridgehead atoms. The van der Waals surface area contributed by atoms with Crippen LogP contribution in [0.1, 0.15) is 44.7 Å². The Morgan fingerprint density at radius 2 is 2.08 bits per heavy atom. The number of amides is 2. The number of unbranched alkanes of at least 4 members (excludes halogenated alkanes) is 1. The first-order chi connectivity index (χ1) is 12.0. The first kappa shape index (κ1) is 19.3. The maximum absolute atomic E-state index is 12.6. The van der Waals surface area contributed by atoms with E-state index in [2.05, 4.69) is 33.5 Å². The first-order valence-corrected chi connectivity index (χ1v) is 9.12. The molecule has 1 atom stereocenters. The van der Waals surface area contributed by atoms with Gasteiger partial charge in [-0.25, -0.2) is 9.59 Å². The van der Waals surface area contributed by atoms with Crippen molar-refractivity contribution in [3.63, 3.8) is 0 Å². The third-order valence-electron chi connectivity index (χ3n) is 3.93. The standard InChI is InChI=1S/C18H23BrN2O4/c1-4-6-7-13-15(17(22)25-5-2)16(21-18(23)20-13)12-10-11(19)8-9-14(12)24-3/h8-10,16H,4-7H2,1-3H3,(H2,20,21,23). The smallest absolute Gasteiger partial charge is 0.338 e. The normalized spacial score (nSPS) is 17.0.